The van der Waals surface area contributed by atoms with Crippen LogP contribution < -0.4 is 5.32 Å². The highest BCUT2D eigenvalue weighted by Gasteiger charge is 2.32. The molecule has 0 aromatic rings. The van der Waals surface area contributed by atoms with Crippen LogP contribution in [0.15, 0.2) is 0 Å². The number of alkyl carbamates (subject to hydrolysis) is 1. The Morgan fingerprint density at radius 2 is 1.85 bits per heavy atom. The van der Waals surface area contributed by atoms with Crippen molar-refractivity contribution in [2.75, 3.05) is 18.5 Å². The number of aliphatic hydroxyl groups is 1. The number of nitrogens with one attached hydrogen (secondary N) is 1. The molecule has 3 unspecified atom stereocenters. The molecule has 120 valence electrons. The lowest BCUT2D eigenvalue weighted by molar-refractivity contribution is 0.0232. The molecule has 0 saturated carbocycles. The molecule has 0 aliphatic heterocycles. The maximum absolute atomic E-state index is 11.8. The first kappa shape index (κ1) is 19.7. The van der Waals surface area contributed by atoms with Gasteiger partial charge in [0.15, 0.2) is 0 Å². The van der Waals surface area contributed by atoms with Crippen molar-refractivity contribution in [3.05, 3.63) is 0 Å². The topological polar surface area (TPSA) is 58.6 Å². The summed E-state index contributed by atoms with van der Waals surface area (Å²) in [5.41, 5.74) is -1.41. The summed E-state index contributed by atoms with van der Waals surface area (Å²) in [6, 6.07) is -0.328. The molecular weight excluding hydrogens is 273 g/mol. The van der Waals surface area contributed by atoms with E-state index in [-0.39, 0.29) is 14.0 Å². The maximum atomic E-state index is 11.8. The first-order valence-corrected chi connectivity index (χ1v) is 9.35. The van der Waals surface area contributed by atoms with E-state index in [0.29, 0.717) is 0 Å². The Bertz CT molecular complexity index is 300. The minimum Gasteiger partial charge on any atom is -0.444 e. The van der Waals surface area contributed by atoms with Crippen LogP contribution in [0.4, 0.5) is 4.79 Å². The number of amides is 1. The Balaban J connectivity index is 4.49. The van der Waals surface area contributed by atoms with Gasteiger partial charge in [-0.15, -0.1) is 7.92 Å². The molecule has 2 N–H and O–H groups in total. The van der Waals surface area contributed by atoms with Gasteiger partial charge in [0.25, 0.3) is 0 Å². The predicted octanol–water partition coefficient (Wildman–Crippen LogP) is 3.56. The summed E-state index contributed by atoms with van der Waals surface area (Å²) in [6.07, 6.45) is 3.70. The lowest BCUT2D eigenvalue weighted by Crippen LogP contribution is -2.52. The molecule has 4 nitrogen and oxygen atoms in total. The lowest BCUT2D eigenvalue weighted by Gasteiger charge is -2.34. The normalized spacial score (nSPS) is 18.0. The molecule has 0 aliphatic carbocycles. The molecule has 0 bridgehead atoms. The predicted molar refractivity (Wildman–Crippen MR) is 86.9 cm³/mol. The highest BCUT2D eigenvalue weighted by Crippen LogP contribution is 2.39. The summed E-state index contributed by atoms with van der Waals surface area (Å²) in [5.74, 6) is 0. The lowest BCUT2D eigenvalue weighted by atomic mass is 10.0. The zero-order valence-electron chi connectivity index (χ0n) is 14.1. The molecule has 20 heavy (non-hydrogen) atoms. The van der Waals surface area contributed by atoms with Crippen molar-refractivity contribution in [2.24, 2.45) is 0 Å². The minimum absolute atomic E-state index is 0.173. The van der Waals surface area contributed by atoms with E-state index in [2.05, 4.69) is 19.2 Å². The third kappa shape index (κ3) is 8.06. The molecule has 0 aromatic heterocycles. The fourth-order valence-corrected chi connectivity index (χ4v) is 4.40. The summed E-state index contributed by atoms with van der Waals surface area (Å²) in [5, 5.41) is 13.4. The number of carbonyl (C=O) groups is 1. The average Bonchev–Trinajstić information content (AvgIpc) is 2.25. The second kappa shape index (κ2) is 8.19. The Labute approximate surface area is 125 Å². The molecule has 5 heteroatoms. The average molecular weight is 305 g/mol. The number of hydrogen-bond acceptors (Lipinski definition) is 3. The Hall–Kier alpha value is -0.340. The van der Waals surface area contributed by atoms with E-state index in [1.165, 1.54) is 6.16 Å². The Morgan fingerprint density at radius 3 is 2.25 bits per heavy atom. The minimum atomic E-state index is -0.895. The first-order valence-electron chi connectivity index (χ1n) is 7.46. The van der Waals surface area contributed by atoms with Crippen LogP contribution in [0.3, 0.4) is 0 Å². The standard InChI is InChI=1S/C15H32NO3P/c1-8-10-20(9-2)11-15(7,18)12(3)16-13(17)19-14(4,5)6/h12,18H,8-11H2,1-7H3,(H,16,17). The van der Waals surface area contributed by atoms with Gasteiger partial charge >= 0.3 is 6.09 Å². The van der Waals surface area contributed by atoms with Crippen LogP contribution in [0, 0.1) is 0 Å². The van der Waals surface area contributed by atoms with Gasteiger partial charge in [0.05, 0.1) is 11.6 Å². The smallest absolute Gasteiger partial charge is 0.407 e. The highest BCUT2D eigenvalue weighted by atomic mass is 31.1. The highest BCUT2D eigenvalue weighted by molar-refractivity contribution is 7.57. The zero-order chi connectivity index (χ0) is 16.0. The van der Waals surface area contributed by atoms with Crippen LogP contribution >= 0.6 is 7.92 Å². The second-order valence-corrected chi connectivity index (χ2v) is 9.33. The first-order chi connectivity index (χ1) is 9.01. The molecular formula is C15H32NO3P. The quantitative estimate of drug-likeness (QED) is 0.707. The molecule has 0 aliphatic rings. The van der Waals surface area contributed by atoms with Gasteiger partial charge in [-0.3, -0.25) is 0 Å². The van der Waals surface area contributed by atoms with E-state index < -0.39 is 17.3 Å². The van der Waals surface area contributed by atoms with Crippen LogP contribution in [0.5, 0.6) is 0 Å². The second-order valence-electron chi connectivity index (χ2n) is 6.59. The van der Waals surface area contributed by atoms with Crippen molar-refractivity contribution >= 4 is 14.0 Å². The number of carbonyl (C=O) groups excluding carboxylic acids is 1. The van der Waals surface area contributed by atoms with Crippen LogP contribution in [-0.4, -0.2) is 46.9 Å². The van der Waals surface area contributed by atoms with E-state index in [0.717, 1.165) is 18.7 Å². The number of ether oxygens (including phenoxy) is 1. The number of hydrogen-bond donors (Lipinski definition) is 2. The molecule has 0 rings (SSSR count). The molecule has 0 fully saturated rings. The Morgan fingerprint density at radius 1 is 1.30 bits per heavy atom. The molecule has 0 saturated heterocycles. The van der Waals surface area contributed by atoms with Gasteiger partial charge in [0, 0.05) is 0 Å². The summed E-state index contributed by atoms with van der Waals surface area (Å²) in [7, 11) is -0.173. The van der Waals surface area contributed by atoms with Crippen LogP contribution in [-0.2, 0) is 4.74 Å². The summed E-state index contributed by atoms with van der Waals surface area (Å²) in [6.45, 7) is 13.5. The van der Waals surface area contributed by atoms with E-state index in [9.17, 15) is 9.90 Å². The molecule has 1 amide bonds. The third-order valence-corrected chi connectivity index (χ3v) is 6.26. The van der Waals surface area contributed by atoms with E-state index in [1.807, 2.05) is 27.7 Å². The summed E-state index contributed by atoms with van der Waals surface area (Å²) < 4.78 is 5.23. The molecule has 0 heterocycles. The molecule has 0 radical (unpaired) electrons. The molecule has 0 aromatic carbocycles. The number of rotatable bonds is 7. The van der Waals surface area contributed by atoms with Gasteiger partial charge in [-0.2, -0.15) is 0 Å². The monoisotopic (exact) mass is 305 g/mol. The summed E-state index contributed by atoms with van der Waals surface area (Å²) >= 11 is 0. The van der Waals surface area contributed by atoms with Crippen molar-refractivity contribution in [3.8, 4) is 0 Å². The van der Waals surface area contributed by atoms with Crippen LogP contribution in [0.1, 0.15) is 54.9 Å². The fraction of sp³-hybridized carbons (Fsp3) is 0.933. The van der Waals surface area contributed by atoms with Gasteiger partial charge in [-0.25, -0.2) is 4.79 Å². The Kier molecular flexibility index (Phi) is 8.05. The van der Waals surface area contributed by atoms with E-state index in [4.69, 9.17) is 4.74 Å². The van der Waals surface area contributed by atoms with Gasteiger partial charge in [-0.1, -0.05) is 20.3 Å². The molecule has 0 spiro atoms. The van der Waals surface area contributed by atoms with Crippen LogP contribution in [0.25, 0.3) is 0 Å². The van der Waals surface area contributed by atoms with Crippen molar-refractivity contribution < 1.29 is 14.6 Å². The zero-order valence-corrected chi connectivity index (χ0v) is 15.0. The SMILES string of the molecule is CCCP(CC)CC(C)(O)C(C)NC(=O)OC(C)(C)C. The fourth-order valence-electron chi connectivity index (χ4n) is 1.89. The summed E-state index contributed by atoms with van der Waals surface area (Å²) in [4.78, 5) is 11.8. The van der Waals surface area contributed by atoms with E-state index >= 15 is 0 Å². The maximum Gasteiger partial charge on any atom is 0.407 e. The van der Waals surface area contributed by atoms with Crippen molar-refractivity contribution in [3.63, 3.8) is 0 Å². The van der Waals surface area contributed by atoms with Crippen molar-refractivity contribution in [1.82, 2.24) is 5.32 Å². The van der Waals surface area contributed by atoms with Gasteiger partial charge < -0.3 is 15.2 Å². The molecule has 3 atom stereocenters. The van der Waals surface area contributed by atoms with Crippen molar-refractivity contribution in [1.29, 1.82) is 0 Å². The van der Waals surface area contributed by atoms with Gasteiger partial charge in [0.2, 0.25) is 0 Å². The van der Waals surface area contributed by atoms with Gasteiger partial charge in [-0.05, 0) is 53.1 Å². The van der Waals surface area contributed by atoms with Crippen molar-refractivity contribution in [2.45, 2.75) is 72.1 Å². The van der Waals surface area contributed by atoms with Gasteiger partial charge in [0.1, 0.15) is 5.60 Å². The third-order valence-electron chi connectivity index (χ3n) is 3.20. The van der Waals surface area contributed by atoms with E-state index in [1.54, 1.807) is 6.92 Å². The van der Waals surface area contributed by atoms with Crippen LogP contribution in [0.2, 0.25) is 0 Å². The largest absolute Gasteiger partial charge is 0.444 e.